The lowest BCUT2D eigenvalue weighted by Gasteiger charge is -2.13. The van der Waals surface area contributed by atoms with E-state index in [1.165, 1.54) is 14.1 Å². The van der Waals surface area contributed by atoms with E-state index in [4.69, 9.17) is 5.11 Å². The van der Waals surface area contributed by atoms with Crippen LogP contribution >= 0.6 is 0 Å². The number of hydrogen-bond donors (Lipinski definition) is 2. The Labute approximate surface area is 65.0 Å². The first kappa shape index (κ1) is 9.90. The molecule has 5 heteroatoms. The summed E-state index contributed by atoms with van der Waals surface area (Å²) in [5.74, 6) is -0.396. The molecular weight excluding hydrogens is 148 g/mol. The maximum atomic E-state index is 10.8. The van der Waals surface area contributed by atoms with Gasteiger partial charge in [0, 0.05) is 14.1 Å². The molecule has 0 saturated heterocycles. The maximum Gasteiger partial charge on any atom is 0.323 e. The summed E-state index contributed by atoms with van der Waals surface area (Å²) in [4.78, 5) is 22.5. The number of carbonyl (C=O) groups excluding carboxylic acids is 2. The van der Waals surface area contributed by atoms with Gasteiger partial charge in [0.15, 0.2) is 0 Å². The molecule has 0 aromatic rings. The summed E-state index contributed by atoms with van der Waals surface area (Å²) < 4.78 is 0. The predicted octanol–water partition coefficient (Wildman–Crippen LogP) is -0.833. The first-order valence-electron chi connectivity index (χ1n) is 3.22. The van der Waals surface area contributed by atoms with Crippen LogP contribution in [0.4, 0.5) is 4.79 Å². The quantitative estimate of drug-likeness (QED) is 0.553. The molecule has 3 amide bonds. The van der Waals surface area contributed by atoms with Gasteiger partial charge in [0.2, 0.25) is 5.91 Å². The standard InChI is InChI=1S/C6H12N2O3/c1-7-6(11)8(2)5(10)3-4-9/h9H,3-4H2,1-2H3,(H,7,11). The number of aliphatic hydroxyl groups is 1. The van der Waals surface area contributed by atoms with Crippen molar-refractivity contribution in [1.82, 2.24) is 10.2 Å². The molecular formula is C6H12N2O3. The average molecular weight is 160 g/mol. The summed E-state index contributed by atoms with van der Waals surface area (Å²) in [6, 6.07) is -0.469. The largest absolute Gasteiger partial charge is 0.396 e. The number of carbonyl (C=O) groups is 2. The van der Waals surface area contributed by atoms with Crippen molar-refractivity contribution in [3.8, 4) is 0 Å². The summed E-state index contributed by atoms with van der Waals surface area (Å²) in [6.07, 6.45) is -0.0239. The average Bonchev–Trinajstić information content (AvgIpc) is 2.02. The van der Waals surface area contributed by atoms with E-state index >= 15 is 0 Å². The van der Waals surface area contributed by atoms with Crippen LogP contribution in [0.25, 0.3) is 0 Å². The minimum Gasteiger partial charge on any atom is -0.396 e. The molecule has 0 heterocycles. The van der Waals surface area contributed by atoms with Gasteiger partial charge in [-0.2, -0.15) is 0 Å². The van der Waals surface area contributed by atoms with Crippen LogP contribution in [-0.4, -0.2) is 42.6 Å². The van der Waals surface area contributed by atoms with Gasteiger partial charge in [-0.15, -0.1) is 0 Å². The number of amides is 3. The van der Waals surface area contributed by atoms with Gasteiger partial charge in [0.1, 0.15) is 0 Å². The lowest BCUT2D eigenvalue weighted by Crippen LogP contribution is -2.39. The van der Waals surface area contributed by atoms with Crippen molar-refractivity contribution in [2.45, 2.75) is 6.42 Å². The molecule has 2 N–H and O–H groups in total. The van der Waals surface area contributed by atoms with E-state index in [1.54, 1.807) is 0 Å². The highest BCUT2D eigenvalue weighted by Gasteiger charge is 2.13. The van der Waals surface area contributed by atoms with E-state index in [0.717, 1.165) is 4.90 Å². The van der Waals surface area contributed by atoms with E-state index < -0.39 is 11.9 Å². The topological polar surface area (TPSA) is 69.6 Å². The molecule has 64 valence electrons. The summed E-state index contributed by atoms with van der Waals surface area (Å²) >= 11 is 0. The second-order valence-corrected chi connectivity index (χ2v) is 1.98. The van der Waals surface area contributed by atoms with Gasteiger partial charge in [0.05, 0.1) is 13.0 Å². The molecule has 0 spiro atoms. The third-order valence-corrected chi connectivity index (χ3v) is 1.22. The number of imide groups is 1. The lowest BCUT2D eigenvalue weighted by atomic mass is 10.4. The molecule has 0 saturated carbocycles. The second-order valence-electron chi connectivity index (χ2n) is 1.98. The smallest absolute Gasteiger partial charge is 0.323 e. The number of rotatable bonds is 2. The highest BCUT2D eigenvalue weighted by atomic mass is 16.3. The van der Waals surface area contributed by atoms with E-state index in [1.807, 2.05) is 0 Å². The van der Waals surface area contributed by atoms with Crippen molar-refractivity contribution in [2.75, 3.05) is 20.7 Å². The first-order chi connectivity index (χ1) is 5.13. The maximum absolute atomic E-state index is 10.8. The molecule has 5 nitrogen and oxygen atoms in total. The molecule has 0 radical (unpaired) electrons. The van der Waals surface area contributed by atoms with Crippen LogP contribution in [-0.2, 0) is 4.79 Å². The Morgan fingerprint density at radius 1 is 1.55 bits per heavy atom. The zero-order chi connectivity index (χ0) is 8.85. The Bertz CT molecular complexity index is 158. The Morgan fingerprint density at radius 2 is 2.09 bits per heavy atom. The molecule has 0 bridgehead atoms. The third kappa shape index (κ3) is 2.99. The third-order valence-electron chi connectivity index (χ3n) is 1.22. The zero-order valence-corrected chi connectivity index (χ0v) is 6.63. The van der Waals surface area contributed by atoms with Gasteiger partial charge in [-0.25, -0.2) is 4.79 Å². The number of nitrogens with zero attached hydrogens (tertiary/aromatic N) is 1. The molecule has 0 aromatic heterocycles. The Hall–Kier alpha value is -1.10. The van der Waals surface area contributed by atoms with Crippen LogP contribution in [0.1, 0.15) is 6.42 Å². The van der Waals surface area contributed by atoms with Crippen molar-refractivity contribution in [2.24, 2.45) is 0 Å². The van der Waals surface area contributed by atoms with Crippen LogP contribution in [0.3, 0.4) is 0 Å². The van der Waals surface area contributed by atoms with Gasteiger partial charge in [-0.1, -0.05) is 0 Å². The Morgan fingerprint density at radius 3 is 2.45 bits per heavy atom. The molecule has 0 aliphatic heterocycles. The van der Waals surface area contributed by atoms with E-state index in [0.29, 0.717) is 0 Å². The zero-order valence-electron chi connectivity index (χ0n) is 6.63. The number of hydrogen-bond acceptors (Lipinski definition) is 3. The molecule has 0 aromatic carbocycles. The van der Waals surface area contributed by atoms with Crippen LogP contribution in [0.5, 0.6) is 0 Å². The first-order valence-corrected chi connectivity index (χ1v) is 3.22. The van der Waals surface area contributed by atoms with Crippen LogP contribution < -0.4 is 5.32 Å². The van der Waals surface area contributed by atoms with E-state index in [2.05, 4.69) is 5.32 Å². The Kier molecular flexibility index (Phi) is 4.21. The fourth-order valence-corrected chi connectivity index (χ4v) is 0.544. The summed E-state index contributed by atoms with van der Waals surface area (Å²) in [5, 5.41) is 10.6. The van der Waals surface area contributed by atoms with Gasteiger partial charge in [-0.05, 0) is 0 Å². The molecule has 11 heavy (non-hydrogen) atoms. The predicted molar refractivity (Wildman–Crippen MR) is 38.9 cm³/mol. The molecule has 0 atom stereocenters. The fraction of sp³-hybridized carbons (Fsp3) is 0.667. The van der Waals surface area contributed by atoms with Gasteiger partial charge in [-0.3, -0.25) is 9.69 Å². The van der Waals surface area contributed by atoms with Crippen molar-refractivity contribution < 1.29 is 14.7 Å². The Balaban J connectivity index is 3.91. The summed E-state index contributed by atoms with van der Waals surface area (Å²) in [7, 11) is 2.79. The minimum atomic E-state index is -0.469. The SMILES string of the molecule is CNC(=O)N(C)C(=O)CCO. The highest BCUT2D eigenvalue weighted by Crippen LogP contribution is 1.89. The highest BCUT2D eigenvalue weighted by molar-refractivity contribution is 5.93. The van der Waals surface area contributed by atoms with Crippen molar-refractivity contribution >= 4 is 11.9 Å². The number of aliphatic hydroxyl groups excluding tert-OH is 1. The summed E-state index contributed by atoms with van der Waals surface area (Å²) in [5.41, 5.74) is 0. The molecule has 0 aliphatic rings. The molecule has 0 unspecified atom stereocenters. The van der Waals surface area contributed by atoms with E-state index in [9.17, 15) is 9.59 Å². The van der Waals surface area contributed by atoms with Gasteiger partial charge >= 0.3 is 6.03 Å². The summed E-state index contributed by atoms with van der Waals surface area (Å²) in [6.45, 7) is -0.236. The van der Waals surface area contributed by atoms with Gasteiger partial charge < -0.3 is 10.4 Å². The van der Waals surface area contributed by atoms with Crippen molar-refractivity contribution in [1.29, 1.82) is 0 Å². The fourth-order valence-electron chi connectivity index (χ4n) is 0.544. The molecule has 0 aliphatic carbocycles. The molecule has 0 rings (SSSR count). The van der Waals surface area contributed by atoms with Crippen molar-refractivity contribution in [3.63, 3.8) is 0 Å². The monoisotopic (exact) mass is 160 g/mol. The normalized spacial score (nSPS) is 9.00. The van der Waals surface area contributed by atoms with Crippen LogP contribution in [0.15, 0.2) is 0 Å². The number of urea groups is 1. The van der Waals surface area contributed by atoms with Crippen molar-refractivity contribution in [3.05, 3.63) is 0 Å². The minimum absolute atomic E-state index is 0.0239. The second kappa shape index (κ2) is 4.68. The van der Waals surface area contributed by atoms with Crippen LogP contribution in [0.2, 0.25) is 0 Å². The van der Waals surface area contributed by atoms with E-state index in [-0.39, 0.29) is 13.0 Å². The number of nitrogens with one attached hydrogen (secondary N) is 1. The van der Waals surface area contributed by atoms with Gasteiger partial charge in [0.25, 0.3) is 0 Å². The van der Waals surface area contributed by atoms with Crippen LogP contribution in [0, 0.1) is 0 Å². The lowest BCUT2D eigenvalue weighted by molar-refractivity contribution is -0.127. The molecule has 0 fully saturated rings.